The number of aliphatic imine (C=N–C) groups is 1. The van der Waals surface area contributed by atoms with Gasteiger partial charge in [-0.25, -0.2) is 0 Å². The fourth-order valence-corrected chi connectivity index (χ4v) is 4.70. The second-order valence-corrected chi connectivity index (χ2v) is 8.96. The van der Waals surface area contributed by atoms with E-state index < -0.39 is 5.91 Å². The smallest absolute Gasteiger partial charge is 0.255 e. The summed E-state index contributed by atoms with van der Waals surface area (Å²) < 4.78 is 5.36. The summed E-state index contributed by atoms with van der Waals surface area (Å²) in [6.45, 7) is 3.23. The topological polar surface area (TPSA) is 127 Å². The number of rotatable bonds is 10. The van der Waals surface area contributed by atoms with Gasteiger partial charge in [-0.05, 0) is 67.8 Å². The Balaban J connectivity index is 1.36. The highest BCUT2D eigenvalue weighted by Gasteiger charge is 2.28. The number of nitrogens with zero attached hydrogens (tertiary/aromatic N) is 2. The van der Waals surface area contributed by atoms with Crippen molar-refractivity contribution in [3.63, 3.8) is 0 Å². The summed E-state index contributed by atoms with van der Waals surface area (Å²) in [5, 5.41) is 1.14. The lowest BCUT2D eigenvalue weighted by Gasteiger charge is -2.25. The number of amidine groups is 1. The lowest BCUT2D eigenvalue weighted by atomic mass is 10.1. The number of carbonyl (C=O) groups is 2. The molecule has 0 spiro atoms. The molecule has 1 fully saturated rings. The van der Waals surface area contributed by atoms with Crippen LogP contribution in [0.25, 0.3) is 10.9 Å². The molecule has 0 aliphatic carbocycles. The van der Waals surface area contributed by atoms with Gasteiger partial charge in [0.25, 0.3) is 5.91 Å². The van der Waals surface area contributed by atoms with Crippen molar-refractivity contribution in [3.05, 3.63) is 65.4 Å². The zero-order chi connectivity index (χ0) is 24.8. The quantitative estimate of drug-likeness (QED) is 0.308. The number of ether oxygens (including phenoxy) is 1. The number of aromatic nitrogens is 1. The average Bonchev–Trinajstić information content (AvgIpc) is 3.48. The summed E-state index contributed by atoms with van der Waals surface area (Å²) >= 11 is 0. The summed E-state index contributed by atoms with van der Waals surface area (Å²) in [5.74, 6) is 0.676. The highest BCUT2D eigenvalue weighted by Crippen LogP contribution is 2.25. The average molecular weight is 476 g/mol. The number of likely N-dealkylation sites (tertiary alicyclic amines) is 1. The van der Waals surface area contributed by atoms with Crippen LogP contribution in [-0.4, -0.2) is 53.3 Å². The Hall–Kier alpha value is -3.81. The molecule has 4 rings (SSSR count). The first-order valence-electron chi connectivity index (χ1n) is 12.1. The predicted molar refractivity (Wildman–Crippen MR) is 137 cm³/mol. The Kier molecular flexibility index (Phi) is 7.70. The van der Waals surface area contributed by atoms with E-state index in [1.54, 1.807) is 12.1 Å². The van der Waals surface area contributed by atoms with Crippen molar-refractivity contribution in [2.75, 3.05) is 19.7 Å². The van der Waals surface area contributed by atoms with Crippen molar-refractivity contribution in [3.8, 4) is 5.75 Å². The third kappa shape index (κ3) is 6.20. The van der Waals surface area contributed by atoms with E-state index in [4.69, 9.17) is 16.2 Å². The number of primary amides is 1. The molecule has 8 heteroatoms. The summed E-state index contributed by atoms with van der Waals surface area (Å²) in [7, 11) is 0. The molecular weight excluding hydrogens is 442 g/mol. The third-order valence-corrected chi connectivity index (χ3v) is 6.38. The molecule has 0 radical (unpaired) electrons. The summed E-state index contributed by atoms with van der Waals surface area (Å²) in [4.78, 5) is 33.8. The van der Waals surface area contributed by atoms with Crippen LogP contribution in [0.3, 0.4) is 0 Å². The van der Waals surface area contributed by atoms with Crippen LogP contribution in [-0.2, 0) is 22.4 Å². The van der Waals surface area contributed by atoms with Gasteiger partial charge in [-0.2, -0.15) is 0 Å². The molecule has 5 N–H and O–H groups in total. The van der Waals surface area contributed by atoms with Gasteiger partial charge in [0.05, 0.1) is 6.42 Å². The molecular formula is C27H33N5O3. The fraction of sp³-hybridized carbons (Fsp3) is 0.370. The van der Waals surface area contributed by atoms with E-state index >= 15 is 0 Å². The normalized spacial score (nSPS) is 16.1. The number of benzene rings is 2. The zero-order valence-electron chi connectivity index (χ0n) is 20.1. The molecule has 184 valence electrons. The first-order chi connectivity index (χ1) is 16.9. The number of hydrogen-bond donors (Lipinski definition) is 3. The van der Waals surface area contributed by atoms with Gasteiger partial charge in [-0.1, -0.05) is 24.3 Å². The number of fused-ring (bicyclic) bond motifs is 1. The van der Waals surface area contributed by atoms with Gasteiger partial charge in [-0.15, -0.1) is 0 Å². The van der Waals surface area contributed by atoms with Gasteiger partial charge >= 0.3 is 0 Å². The van der Waals surface area contributed by atoms with Gasteiger partial charge in [0.1, 0.15) is 11.6 Å². The largest absolute Gasteiger partial charge is 0.484 e. The van der Waals surface area contributed by atoms with Crippen LogP contribution >= 0.6 is 0 Å². The molecule has 2 amide bonds. The minimum Gasteiger partial charge on any atom is -0.484 e. The SMILES string of the molecule is CCN=C(N)c1ccc2cc(CC[C@@H]3CCCN3C(=O)Cc3cccc(OCC(N)=O)c3)[nH]c2c1. The third-order valence-electron chi connectivity index (χ3n) is 6.38. The van der Waals surface area contributed by atoms with Crippen molar-refractivity contribution in [1.82, 2.24) is 9.88 Å². The molecule has 1 aromatic heterocycles. The standard InChI is InChI=1S/C27H33N5O3/c1-2-30-27(29)20-9-8-19-15-21(31-24(19)16-20)10-11-22-6-4-12-32(22)26(34)14-18-5-3-7-23(13-18)35-17-25(28)33/h3,5,7-9,13,15-16,22,31H,2,4,6,10-12,14,17H2,1H3,(H2,28,33)(H2,29,30)/t22-/m0/s1. The van der Waals surface area contributed by atoms with Crippen LogP contribution in [0.1, 0.15) is 43.0 Å². The molecule has 3 aromatic rings. The number of amides is 2. The number of aromatic amines is 1. The molecule has 1 aliphatic rings. The molecule has 2 heterocycles. The summed E-state index contributed by atoms with van der Waals surface area (Å²) in [5.41, 5.74) is 15.2. The Bertz CT molecular complexity index is 1230. The second kappa shape index (κ2) is 11.1. The van der Waals surface area contributed by atoms with Crippen molar-refractivity contribution in [1.29, 1.82) is 0 Å². The lowest BCUT2D eigenvalue weighted by Crippen LogP contribution is -2.36. The molecule has 1 atom stereocenters. The van der Waals surface area contributed by atoms with Gasteiger partial charge < -0.3 is 26.1 Å². The summed E-state index contributed by atoms with van der Waals surface area (Å²) in [6.07, 6.45) is 4.12. The van der Waals surface area contributed by atoms with Gasteiger partial charge in [0.15, 0.2) is 6.61 Å². The van der Waals surface area contributed by atoms with Gasteiger partial charge in [-0.3, -0.25) is 14.6 Å². The molecule has 1 saturated heterocycles. The first kappa shape index (κ1) is 24.3. The maximum absolute atomic E-state index is 13.1. The fourth-order valence-electron chi connectivity index (χ4n) is 4.70. The van der Waals surface area contributed by atoms with Crippen LogP contribution in [0.2, 0.25) is 0 Å². The monoisotopic (exact) mass is 475 g/mol. The zero-order valence-corrected chi connectivity index (χ0v) is 20.1. The molecule has 1 aliphatic heterocycles. The maximum Gasteiger partial charge on any atom is 0.255 e. The Morgan fingerprint density at radius 2 is 2.03 bits per heavy atom. The number of nitrogens with one attached hydrogen (secondary N) is 1. The lowest BCUT2D eigenvalue weighted by molar-refractivity contribution is -0.131. The van der Waals surface area contributed by atoms with Crippen LogP contribution in [0.15, 0.2) is 53.5 Å². The first-order valence-corrected chi connectivity index (χ1v) is 12.1. The Morgan fingerprint density at radius 1 is 1.17 bits per heavy atom. The van der Waals surface area contributed by atoms with Crippen molar-refractivity contribution >= 4 is 28.6 Å². The maximum atomic E-state index is 13.1. The van der Waals surface area contributed by atoms with E-state index in [2.05, 4.69) is 22.1 Å². The number of carbonyl (C=O) groups excluding carboxylic acids is 2. The van der Waals surface area contributed by atoms with Crippen molar-refractivity contribution in [2.45, 2.75) is 45.1 Å². The van der Waals surface area contributed by atoms with E-state index in [-0.39, 0.29) is 18.6 Å². The number of nitrogens with two attached hydrogens (primary N) is 2. The van der Waals surface area contributed by atoms with Gasteiger partial charge in [0, 0.05) is 35.9 Å². The minimum atomic E-state index is -0.531. The van der Waals surface area contributed by atoms with Crippen LogP contribution < -0.4 is 16.2 Å². The van der Waals surface area contributed by atoms with E-state index in [0.29, 0.717) is 24.6 Å². The van der Waals surface area contributed by atoms with E-state index in [1.807, 2.05) is 36.1 Å². The van der Waals surface area contributed by atoms with E-state index in [9.17, 15) is 9.59 Å². The summed E-state index contributed by atoms with van der Waals surface area (Å²) in [6, 6.07) is 15.8. The minimum absolute atomic E-state index is 0.117. The van der Waals surface area contributed by atoms with E-state index in [1.165, 1.54) is 0 Å². The molecule has 8 nitrogen and oxygen atoms in total. The van der Waals surface area contributed by atoms with Crippen LogP contribution in [0.5, 0.6) is 5.75 Å². The molecule has 2 aromatic carbocycles. The van der Waals surface area contributed by atoms with Gasteiger partial charge in [0.2, 0.25) is 5.91 Å². The molecule has 0 saturated carbocycles. The molecule has 0 bridgehead atoms. The van der Waals surface area contributed by atoms with Crippen molar-refractivity contribution < 1.29 is 14.3 Å². The second-order valence-electron chi connectivity index (χ2n) is 8.96. The van der Waals surface area contributed by atoms with Crippen molar-refractivity contribution in [2.24, 2.45) is 16.5 Å². The number of hydrogen-bond acceptors (Lipinski definition) is 4. The van der Waals surface area contributed by atoms with Crippen LogP contribution in [0.4, 0.5) is 0 Å². The molecule has 35 heavy (non-hydrogen) atoms. The number of H-pyrrole nitrogens is 1. The van der Waals surface area contributed by atoms with Crippen LogP contribution in [0, 0.1) is 0 Å². The Labute approximate surface area is 205 Å². The van der Waals surface area contributed by atoms with E-state index in [0.717, 1.165) is 60.0 Å². The highest BCUT2D eigenvalue weighted by atomic mass is 16.5. The number of aryl methyl sites for hydroxylation is 1. The highest BCUT2D eigenvalue weighted by molar-refractivity contribution is 6.00. The predicted octanol–water partition coefficient (Wildman–Crippen LogP) is 2.92. The molecule has 0 unspecified atom stereocenters. The Morgan fingerprint density at radius 3 is 2.83 bits per heavy atom.